The molecule has 3 aromatic rings. The molecule has 0 fully saturated rings. The predicted octanol–water partition coefficient (Wildman–Crippen LogP) is 4.39. The van der Waals surface area contributed by atoms with Gasteiger partial charge in [-0.15, -0.1) is 0 Å². The van der Waals surface area contributed by atoms with Crippen molar-refractivity contribution in [1.82, 2.24) is 0 Å². The molecule has 0 bridgehead atoms. The maximum atomic E-state index is 12.3. The lowest BCUT2D eigenvalue weighted by atomic mass is 10.2. The zero-order valence-electron chi connectivity index (χ0n) is 13.8. The van der Waals surface area contributed by atoms with Crippen LogP contribution in [0.25, 0.3) is 0 Å². The van der Waals surface area contributed by atoms with Crippen molar-refractivity contribution in [2.45, 2.75) is 6.61 Å². The Labute approximate surface area is 152 Å². The summed E-state index contributed by atoms with van der Waals surface area (Å²) in [5.41, 5.74) is 1.18. The van der Waals surface area contributed by atoms with Gasteiger partial charge < -0.3 is 19.8 Å². The molecule has 0 atom stereocenters. The van der Waals surface area contributed by atoms with Crippen LogP contribution in [0.2, 0.25) is 0 Å². The highest BCUT2D eigenvalue weighted by Crippen LogP contribution is 2.19. The van der Waals surface area contributed by atoms with Crippen LogP contribution in [-0.2, 0) is 0 Å². The SMILES string of the molecule is O=C(Nc1cccc(NC(=O)c2ccco2)c1)c1ccc(OC(F)F)cc1. The van der Waals surface area contributed by atoms with E-state index in [2.05, 4.69) is 15.4 Å². The summed E-state index contributed by atoms with van der Waals surface area (Å²) in [6.45, 7) is -2.93. The standard InChI is InChI=1S/C19H14F2N2O4/c20-19(21)27-15-8-6-12(7-9-15)17(24)22-13-3-1-4-14(11-13)23-18(25)16-5-2-10-26-16/h1-11,19H,(H,22,24)(H,23,25). The van der Waals surface area contributed by atoms with E-state index in [1.807, 2.05) is 0 Å². The number of halogens is 2. The number of alkyl halides is 2. The van der Waals surface area contributed by atoms with E-state index < -0.39 is 18.4 Å². The first-order valence-electron chi connectivity index (χ1n) is 7.82. The van der Waals surface area contributed by atoms with E-state index in [9.17, 15) is 18.4 Å². The van der Waals surface area contributed by atoms with Gasteiger partial charge in [-0.05, 0) is 54.6 Å². The first kappa shape index (κ1) is 18.1. The Kier molecular flexibility index (Phi) is 5.46. The van der Waals surface area contributed by atoms with Crippen LogP contribution >= 0.6 is 0 Å². The fourth-order valence-corrected chi connectivity index (χ4v) is 2.27. The maximum Gasteiger partial charge on any atom is 0.387 e. The van der Waals surface area contributed by atoms with Gasteiger partial charge in [0.2, 0.25) is 0 Å². The minimum Gasteiger partial charge on any atom is -0.459 e. The van der Waals surface area contributed by atoms with Crippen LogP contribution < -0.4 is 15.4 Å². The van der Waals surface area contributed by atoms with E-state index in [1.165, 1.54) is 36.6 Å². The number of anilines is 2. The van der Waals surface area contributed by atoms with Gasteiger partial charge in [-0.2, -0.15) is 8.78 Å². The third-order valence-electron chi connectivity index (χ3n) is 3.46. The number of rotatable bonds is 6. The summed E-state index contributed by atoms with van der Waals surface area (Å²) >= 11 is 0. The smallest absolute Gasteiger partial charge is 0.387 e. The minimum atomic E-state index is -2.93. The van der Waals surface area contributed by atoms with Gasteiger partial charge in [0, 0.05) is 16.9 Å². The Morgan fingerprint density at radius 1 is 0.889 bits per heavy atom. The number of amides is 2. The molecule has 1 heterocycles. The maximum absolute atomic E-state index is 12.3. The van der Waals surface area contributed by atoms with Gasteiger partial charge in [0.15, 0.2) is 5.76 Å². The molecule has 1 aromatic heterocycles. The highest BCUT2D eigenvalue weighted by molar-refractivity contribution is 6.05. The van der Waals surface area contributed by atoms with Crippen LogP contribution in [0.5, 0.6) is 5.75 Å². The lowest BCUT2D eigenvalue weighted by Gasteiger charge is -2.09. The van der Waals surface area contributed by atoms with Crippen molar-refractivity contribution in [3.63, 3.8) is 0 Å². The van der Waals surface area contributed by atoms with E-state index in [0.717, 1.165) is 0 Å². The molecule has 2 N–H and O–H groups in total. The first-order chi connectivity index (χ1) is 13.0. The normalized spacial score (nSPS) is 10.5. The van der Waals surface area contributed by atoms with Crippen LogP contribution in [0.4, 0.5) is 20.2 Å². The highest BCUT2D eigenvalue weighted by Gasteiger charge is 2.11. The molecule has 0 aliphatic heterocycles. The Morgan fingerprint density at radius 2 is 1.56 bits per heavy atom. The Morgan fingerprint density at radius 3 is 2.15 bits per heavy atom. The largest absolute Gasteiger partial charge is 0.459 e. The fourth-order valence-electron chi connectivity index (χ4n) is 2.27. The van der Waals surface area contributed by atoms with Crippen LogP contribution in [0.15, 0.2) is 71.3 Å². The topological polar surface area (TPSA) is 80.6 Å². The van der Waals surface area contributed by atoms with Gasteiger partial charge in [-0.25, -0.2) is 0 Å². The van der Waals surface area contributed by atoms with Crippen LogP contribution in [-0.4, -0.2) is 18.4 Å². The number of hydrogen-bond donors (Lipinski definition) is 2. The van der Waals surface area contributed by atoms with Crippen LogP contribution in [0, 0.1) is 0 Å². The third-order valence-corrected chi connectivity index (χ3v) is 3.46. The van der Waals surface area contributed by atoms with Gasteiger partial charge in [0.05, 0.1) is 6.26 Å². The molecular weight excluding hydrogens is 358 g/mol. The second-order valence-corrected chi connectivity index (χ2v) is 5.37. The Hall–Kier alpha value is -3.68. The minimum absolute atomic E-state index is 0.0378. The summed E-state index contributed by atoms with van der Waals surface area (Å²) in [6.07, 6.45) is 1.39. The van der Waals surface area contributed by atoms with Gasteiger partial charge in [-0.1, -0.05) is 6.07 Å². The molecule has 2 aromatic carbocycles. The molecule has 0 aliphatic rings. The molecule has 0 spiro atoms. The van der Waals surface area contributed by atoms with Crippen molar-refractivity contribution in [2.24, 2.45) is 0 Å². The number of benzene rings is 2. The van der Waals surface area contributed by atoms with Crippen molar-refractivity contribution < 1.29 is 27.5 Å². The third kappa shape index (κ3) is 4.91. The fraction of sp³-hybridized carbons (Fsp3) is 0.0526. The molecule has 0 saturated carbocycles. The van der Waals surface area contributed by atoms with Gasteiger partial charge in [-0.3, -0.25) is 9.59 Å². The summed E-state index contributed by atoms with van der Waals surface area (Å²) in [4.78, 5) is 24.2. The second kappa shape index (κ2) is 8.13. The molecule has 138 valence electrons. The molecule has 0 saturated heterocycles. The number of hydrogen-bond acceptors (Lipinski definition) is 4. The highest BCUT2D eigenvalue weighted by atomic mass is 19.3. The second-order valence-electron chi connectivity index (χ2n) is 5.37. The molecular formula is C19H14F2N2O4. The van der Waals surface area contributed by atoms with E-state index in [1.54, 1.807) is 30.3 Å². The van der Waals surface area contributed by atoms with Gasteiger partial charge in [0.1, 0.15) is 5.75 Å². The van der Waals surface area contributed by atoms with Crippen molar-refractivity contribution >= 4 is 23.2 Å². The molecule has 0 radical (unpaired) electrons. The lowest BCUT2D eigenvalue weighted by Crippen LogP contribution is -2.13. The summed E-state index contributed by atoms with van der Waals surface area (Å²) in [5.74, 6) is -0.731. The number of carbonyl (C=O) groups is 2. The van der Waals surface area contributed by atoms with Crippen molar-refractivity contribution in [2.75, 3.05) is 10.6 Å². The van der Waals surface area contributed by atoms with Crippen LogP contribution in [0.3, 0.4) is 0 Å². The first-order valence-corrected chi connectivity index (χ1v) is 7.82. The molecule has 27 heavy (non-hydrogen) atoms. The number of furan rings is 1. The van der Waals surface area contributed by atoms with Gasteiger partial charge >= 0.3 is 6.61 Å². The quantitative estimate of drug-likeness (QED) is 0.673. The zero-order chi connectivity index (χ0) is 19.2. The average molecular weight is 372 g/mol. The lowest BCUT2D eigenvalue weighted by molar-refractivity contribution is -0.0498. The zero-order valence-corrected chi connectivity index (χ0v) is 13.8. The van der Waals surface area contributed by atoms with Gasteiger partial charge in [0.25, 0.3) is 11.8 Å². The monoisotopic (exact) mass is 372 g/mol. The van der Waals surface area contributed by atoms with Crippen molar-refractivity contribution in [3.8, 4) is 5.75 Å². The summed E-state index contributed by atoms with van der Waals surface area (Å²) in [7, 11) is 0. The molecule has 0 aliphatic carbocycles. The Balaban J connectivity index is 1.65. The molecule has 3 rings (SSSR count). The number of ether oxygens (including phenoxy) is 1. The molecule has 8 heteroatoms. The molecule has 2 amide bonds. The summed E-state index contributed by atoms with van der Waals surface area (Å²) in [6, 6.07) is 15.0. The molecule has 6 nitrogen and oxygen atoms in total. The number of carbonyl (C=O) groups excluding carboxylic acids is 2. The van der Waals surface area contributed by atoms with E-state index in [0.29, 0.717) is 11.4 Å². The van der Waals surface area contributed by atoms with E-state index in [-0.39, 0.29) is 17.1 Å². The van der Waals surface area contributed by atoms with E-state index in [4.69, 9.17) is 4.42 Å². The van der Waals surface area contributed by atoms with Crippen molar-refractivity contribution in [3.05, 3.63) is 78.3 Å². The van der Waals surface area contributed by atoms with Crippen molar-refractivity contribution in [1.29, 1.82) is 0 Å². The summed E-state index contributed by atoms with van der Waals surface area (Å²) in [5, 5.41) is 5.32. The van der Waals surface area contributed by atoms with E-state index >= 15 is 0 Å². The summed E-state index contributed by atoms with van der Waals surface area (Å²) < 4.78 is 33.5. The number of nitrogens with one attached hydrogen (secondary N) is 2. The average Bonchev–Trinajstić information content (AvgIpc) is 3.17. The molecule has 0 unspecified atom stereocenters. The Bertz CT molecular complexity index is 925. The van der Waals surface area contributed by atoms with Crippen LogP contribution in [0.1, 0.15) is 20.9 Å². The predicted molar refractivity (Wildman–Crippen MR) is 94.1 cm³/mol.